The van der Waals surface area contributed by atoms with Crippen LogP contribution in [0.3, 0.4) is 0 Å². The van der Waals surface area contributed by atoms with E-state index in [0.29, 0.717) is 30.8 Å². The van der Waals surface area contributed by atoms with Crippen molar-refractivity contribution in [3.63, 3.8) is 0 Å². The molecule has 2 aromatic carbocycles. The van der Waals surface area contributed by atoms with Crippen LogP contribution in [-0.2, 0) is 11.3 Å². The van der Waals surface area contributed by atoms with Crippen LogP contribution >= 0.6 is 0 Å². The third kappa shape index (κ3) is 5.65. The zero-order valence-electron chi connectivity index (χ0n) is 18.5. The Bertz CT molecular complexity index is 1100. The van der Waals surface area contributed by atoms with Crippen LogP contribution in [0.4, 0.5) is 10.5 Å². The van der Waals surface area contributed by atoms with E-state index in [0.717, 1.165) is 24.0 Å². The minimum atomic E-state index is -0.930. The molecule has 0 atom stereocenters. The van der Waals surface area contributed by atoms with Crippen molar-refractivity contribution in [1.82, 2.24) is 20.6 Å². The molecule has 1 saturated carbocycles. The molecule has 1 aromatic heterocycles. The molecule has 1 fully saturated rings. The topological polar surface area (TPSA) is 105 Å². The highest BCUT2D eigenvalue weighted by Gasteiger charge is 2.42. The van der Waals surface area contributed by atoms with E-state index in [1.807, 2.05) is 43.3 Å². The SMILES string of the molecule is Cc1cc(Oc2ncccn2)ccc1NC(=O)C1(NC(=O)NCc2ccccc2)CCCC1. The van der Waals surface area contributed by atoms with Gasteiger partial charge >= 0.3 is 12.0 Å². The van der Waals surface area contributed by atoms with Crippen molar-refractivity contribution < 1.29 is 14.3 Å². The molecule has 8 nitrogen and oxygen atoms in total. The molecule has 3 N–H and O–H groups in total. The van der Waals surface area contributed by atoms with Crippen LogP contribution in [0.5, 0.6) is 11.8 Å². The third-order valence-electron chi connectivity index (χ3n) is 5.74. The summed E-state index contributed by atoms with van der Waals surface area (Å²) in [5.41, 5.74) is 1.56. The number of hydrogen-bond donors (Lipinski definition) is 3. The van der Waals surface area contributed by atoms with Gasteiger partial charge in [0.05, 0.1) is 0 Å². The lowest BCUT2D eigenvalue weighted by Crippen LogP contribution is -2.57. The van der Waals surface area contributed by atoms with Gasteiger partial charge in [0.2, 0.25) is 5.91 Å². The van der Waals surface area contributed by atoms with Crippen molar-refractivity contribution in [2.45, 2.75) is 44.7 Å². The van der Waals surface area contributed by atoms with Gasteiger partial charge in [0, 0.05) is 24.6 Å². The summed E-state index contributed by atoms with van der Waals surface area (Å²) in [5, 5.41) is 8.79. The van der Waals surface area contributed by atoms with Gasteiger partial charge in [-0.05, 0) is 55.2 Å². The number of nitrogens with zero attached hydrogens (tertiary/aromatic N) is 2. The Kier molecular flexibility index (Phi) is 6.83. The van der Waals surface area contributed by atoms with Gasteiger partial charge in [0.25, 0.3) is 0 Å². The van der Waals surface area contributed by atoms with Crippen LogP contribution in [-0.4, -0.2) is 27.4 Å². The lowest BCUT2D eigenvalue weighted by atomic mass is 9.96. The summed E-state index contributed by atoms with van der Waals surface area (Å²) in [6.45, 7) is 2.28. The van der Waals surface area contributed by atoms with Gasteiger partial charge in [-0.1, -0.05) is 43.2 Å². The fourth-order valence-electron chi connectivity index (χ4n) is 3.95. The predicted octanol–water partition coefficient (Wildman–Crippen LogP) is 4.33. The molecule has 3 amide bonds. The van der Waals surface area contributed by atoms with Crippen LogP contribution in [0.15, 0.2) is 67.0 Å². The van der Waals surface area contributed by atoms with E-state index in [9.17, 15) is 9.59 Å². The van der Waals surface area contributed by atoms with Gasteiger partial charge in [0.15, 0.2) is 0 Å². The van der Waals surface area contributed by atoms with Crippen LogP contribution in [0.2, 0.25) is 0 Å². The molecular formula is C25H27N5O3. The summed E-state index contributed by atoms with van der Waals surface area (Å²) < 4.78 is 5.65. The van der Waals surface area contributed by atoms with Gasteiger partial charge in [-0.25, -0.2) is 14.8 Å². The molecule has 33 heavy (non-hydrogen) atoms. The summed E-state index contributed by atoms with van der Waals surface area (Å²) in [5.74, 6) is 0.365. The van der Waals surface area contributed by atoms with E-state index in [4.69, 9.17) is 4.74 Å². The number of aromatic nitrogens is 2. The van der Waals surface area contributed by atoms with E-state index >= 15 is 0 Å². The number of urea groups is 1. The summed E-state index contributed by atoms with van der Waals surface area (Å²) in [7, 11) is 0. The Hall–Kier alpha value is -3.94. The minimum absolute atomic E-state index is 0.210. The molecule has 0 unspecified atom stereocenters. The molecule has 1 aliphatic carbocycles. The van der Waals surface area contributed by atoms with E-state index in [1.54, 1.807) is 30.6 Å². The first-order valence-electron chi connectivity index (χ1n) is 11.0. The Labute approximate surface area is 192 Å². The molecular weight excluding hydrogens is 418 g/mol. The number of ether oxygens (including phenoxy) is 1. The average molecular weight is 446 g/mol. The molecule has 1 heterocycles. The van der Waals surface area contributed by atoms with E-state index in [1.165, 1.54) is 0 Å². The second-order valence-corrected chi connectivity index (χ2v) is 8.15. The number of nitrogens with one attached hydrogen (secondary N) is 3. The fraction of sp³-hybridized carbons (Fsp3) is 0.280. The van der Waals surface area contributed by atoms with Crippen LogP contribution in [0.25, 0.3) is 0 Å². The maximum atomic E-state index is 13.3. The first-order chi connectivity index (χ1) is 16.0. The number of carbonyl (C=O) groups excluding carboxylic acids is 2. The highest BCUT2D eigenvalue weighted by molar-refractivity contribution is 6.01. The normalized spacial score (nSPS) is 14.3. The first kappa shape index (κ1) is 22.3. The Balaban J connectivity index is 1.40. The van der Waals surface area contributed by atoms with Crippen molar-refractivity contribution in [2.75, 3.05) is 5.32 Å². The summed E-state index contributed by atoms with van der Waals surface area (Å²) in [6.07, 6.45) is 6.18. The fourth-order valence-corrected chi connectivity index (χ4v) is 3.95. The molecule has 170 valence electrons. The van der Waals surface area contributed by atoms with Crippen molar-refractivity contribution in [3.8, 4) is 11.8 Å². The number of hydrogen-bond acceptors (Lipinski definition) is 5. The Morgan fingerprint density at radius 1 is 1.00 bits per heavy atom. The lowest BCUT2D eigenvalue weighted by molar-refractivity contribution is -0.121. The van der Waals surface area contributed by atoms with E-state index in [2.05, 4.69) is 25.9 Å². The Morgan fingerprint density at radius 2 is 1.73 bits per heavy atom. The molecule has 3 aromatic rings. The molecule has 1 aliphatic rings. The summed E-state index contributed by atoms with van der Waals surface area (Å²) in [6, 6.07) is 16.6. The molecule has 4 rings (SSSR count). The molecule has 0 saturated heterocycles. The zero-order chi connectivity index (χ0) is 23.1. The van der Waals surface area contributed by atoms with E-state index < -0.39 is 5.54 Å². The van der Waals surface area contributed by atoms with Crippen molar-refractivity contribution in [2.24, 2.45) is 0 Å². The number of amides is 3. The minimum Gasteiger partial charge on any atom is -0.424 e. The Morgan fingerprint density at radius 3 is 2.42 bits per heavy atom. The average Bonchev–Trinajstić information content (AvgIpc) is 3.30. The molecule has 8 heteroatoms. The van der Waals surface area contributed by atoms with Gasteiger partial charge in [-0.3, -0.25) is 4.79 Å². The molecule has 0 radical (unpaired) electrons. The van der Waals surface area contributed by atoms with Crippen LogP contribution in [0, 0.1) is 6.92 Å². The molecule has 0 aliphatic heterocycles. The smallest absolute Gasteiger partial charge is 0.321 e. The summed E-state index contributed by atoms with van der Waals surface area (Å²) in [4.78, 5) is 34.0. The van der Waals surface area contributed by atoms with Crippen molar-refractivity contribution in [3.05, 3.63) is 78.1 Å². The maximum Gasteiger partial charge on any atom is 0.321 e. The van der Waals surface area contributed by atoms with Crippen molar-refractivity contribution in [1.29, 1.82) is 0 Å². The van der Waals surface area contributed by atoms with E-state index in [-0.39, 0.29) is 17.9 Å². The predicted molar refractivity (Wildman–Crippen MR) is 125 cm³/mol. The number of rotatable bonds is 7. The van der Waals surface area contributed by atoms with Gasteiger partial charge in [-0.15, -0.1) is 0 Å². The monoisotopic (exact) mass is 445 g/mol. The second-order valence-electron chi connectivity index (χ2n) is 8.15. The summed E-state index contributed by atoms with van der Waals surface area (Å²) >= 11 is 0. The maximum absolute atomic E-state index is 13.3. The second kappa shape index (κ2) is 10.1. The quantitative estimate of drug-likeness (QED) is 0.502. The van der Waals surface area contributed by atoms with Crippen LogP contribution in [0.1, 0.15) is 36.8 Å². The highest BCUT2D eigenvalue weighted by atomic mass is 16.5. The largest absolute Gasteiger partial charge is 0.424 e. The number of anilines is 1. The van der Waals surface area contributed by atoms with Gasteiger partial charge < -0.3 is 20.7 Å². The standard InChI is InChI=1S/C25H27N5O3/c1-18-16-20(33-24-26-14-7-15-27-24)10-11-21(18)29-22(31)25(12-5-6-13-25)30-23(32)28-17-19-8-3-2-4-9-19/h2-4,7-11,14-16H,5-6,12-13,17H2,1H3,(H,29,31)(H2,28,30,32). The zero-order valence-corrected chi connectivity index (χ0v) is 18.5. The van der Waals surface area contributed by atoms with Gasteiger partial charge in [-0.2, -0.15) is 0 Å². The van der Waals surface area contributed by atoms with Crippen LogP contribution < -0.4 is 20.7 Å². The molecule has 0 spiro atoms. The number of aryl methyl sites for hydroxylation is 1. The number of carbonyl (C=O) groups is 2. The third-order valence-corrected chi connectivity index (χ3v) is 5.74. The first-order valence-corrected chi connectivity index (χ1v) is 11.0. The van der Waals surface area contributed by atoms with Gasteiger partial charge in [0.1, 0.15) is 11.3 Å². The number of benzene rings is 2. The lowest BCUT2D eigenvalue weighted by Gasteiger charge is -2.29. The molecule has 0 bridgehead atoms. The van der Waals surface area contributed by atoms with Crippen molar-refractivity contribution >= 4 is 17.6 Å². The highest BCUT2D eigenvalue weighted by Crippen LogP contribution is 2.32.